The molecule has 0 saturated heterocycles. The van der Waals surface area contributed by atoms with E-state index in [1.807, 2.05) is 25.7 Å². The molecule has 1 atom stereocenters. The average Bonchev–Trinajstić information content (AvgIpc) is 3.00. The number of carboxylic acids is 1. The van der Waals surface area contributed by atoms with Crippen LogP contribution in [0.25, 0.3) is 0 Å². The van der Waals surface area contributed by atoms with Crippen molar-refractivity contribution in [3.63, 3.8) is 0 Å². The first-order chi connectivity index (χ1) is 7.91. The highest BCUT2D eigenvalue weighted by molar-refractivity contribution is 5.82. The van der Waals surface area contributed by atoms with E-state index in [-0.39, 0.29) is 24.4 Å². The number of carboxylic acid groups (broad SMARTS) is 1. The highest BCUT2D eigenvalue weighted by Crippen LogP contribution is 2.19. The van der Waals surface area contributed by atoms with Gasteiger partial charge in [-0.15, -0.1) is 0 Å². The molecule has 0 aromatic rings. The Hall–Kier alpha value is -1.10. The molecule has 1 amide bonds. The van der Waals surface area contributed by atoms with E-state index in [0.29, 0.717) is 12.6 Å². The van der Waals surface area contributed by atoms with Gasteiger partial charge in [-0.1, -0.05) is 0 Å². The van der Waals surface area contributed by atoms with Crippen molar-refractivity contribution in [3.8, 4) is 0 Å². The molecule has 1 aliphatic carbocycles. The normalized spacial score (nSPS) is 17.2. The predicted octanol–water partition coefficient (Wildman–Crippen LogP) is 0.839. The Kier molecular flexibility index (Phi) is 4.93. The molecular weight excluding hydrogens is 220 g/mol. The van der Waals surface area contributed by atoms with Crippen LogP contribution in [0.15, 0.2) is 0 Å². The Labute approximate surface area is 102 Å². The highest BCUT2D eigenvalue weighted by Gasteiger charge is 2.29. The first-order valence-electron chi connectivity index (χ1n) is 6.19. The fraction of sp³-hybridized carbons (Fsp3) is 0.833. The van der Waals surface area contributed by atoms with Crippen LogP contribution < -0.4 is 5.32 Å². The van der Waals surface area contributed by atoms with Gasteiger partial charge in [-0.2, -0.15) is 0 Å². The molecular formula is C12H22N2O3. The van der Waals surface area contributed by atoms with Gasteiger partial charge >= 0.3 is 5.97 Å². The standard InChI is InChI=1S/C12H22N2O3/c1-8(2)14(7-6-11(15)16)9(3)12(17)13-10-4-5-10/h8-10H,4-7H2,1-3H3,(H,13,17)(H,15,16). The third-order valence-electron chi connectivity index (χ3n) is 3.05. The van der Waals surface area contributed by atoms with Crippen molar-refractivity contribution in [2.24, 2.45) is 0 Å². The lowest BCUT2D eigenvalue weighted by atomic mass is 10.2. The van der Waals surface area contributed by atoms with Gasteiger partial charge in [-0.25, -0.2) is 0 Å². The van der Waals surface area contributed by atoms with Gasteiger partial charge in [0.2, 0.25) is 5.91 Å². The number of nitrogens with one attached hydrogen (secondary N) is 1. The Bertz CT molecular complexity index is 287. The summed E-state index contributed by atoms with van der Waals surface area (Å²) < 4.78 is 0. The molecule has 0 aromatic carbocycles. The molecule has 98 valence electrons. The quantitative estimate of drug-likeness (QED) is 0.694. The first kappa shape index (κ1) is 14.0. The lowest BCUT2D eigenvalue weighted by molar-refractivity contribution is -0.138. The third-order valence-corrected chi connectivity index (χ3v) is 3.05. The third kappa shape index (κ3) is 4.73. The molecule has 1 fully saturated rings. The fourth-order valence-electron chi connectivity index (χ4n) is 1.82. The predicted molar refractivity (Wildman–Crippen MR) is 64.7 cm³/mol. The minimum absolute atomic E-state index is 0.00610. The number of aliphatic carboxylic acids is 1. The van der Waals surface area contributed by atoms with E-state index in [0.717, 1.165) is 12.8 Å². The summed E-state index contributed by atoms with van der Waals surface area (Å²) in [6, 6.07) is 0.239. The number of hydrogen-bond acceptors (Lipinski definition) is 3. The number of carbonyl (C=O) groups is 2. The van der Waals surface area contributed by atoms with Gasteiger partial charge in [0.15, 0.2) is 0 Å². The SMILES string of the molecule is CC(C)N(CCC(=O)O)C(C)C(=O)NC1CC1. The topological polar surface area (TPSA) is 69.6 Å². The van der Waals surface area contributed by atoms with Gasteiger partial charge in [0.25, 0.3) is 0 Å². The lowest BCUT2D eigenvalue weighted by Gasteiger charge is -2.31. The molecule has 1 saturated carbocycles. The molecule has 17 heavy (non-hydrogen) atoms. The van der Waals surface area contributed by atoms with Crippen LogP contribution in [0.3, 0.4) is 0 Å². The van der Waals surface area contributed by atoms with E-state index < -0.39 is 5.97 Å². The number of nitrogens with zero attached hydrogens (tertiary/aromatic N) is 1. The van der Waals surface area contributed by atoms with E-state index in [1.165, 1.54) is 0 Å². The number of carbonyl (C=O) groups excluding carboxylic acids is 1. The Morgan fingerprint density at radius 2 is 1.94 bits per heavy atom. The zero-order chi connectivity index (χ0) is 13.0. The highest BCUT2D eigenvalue weighted by atomic mass is 16.4. The van der Waals surface area contributed by atoms with Crippen LogP contribution in [0.1, 0.15) is 40.0 Å². The van der Waals surface area contributed by atoms with Gasteiger partial charge in [-0.05, 0) is 33.6 Å². The molecule has 1 rings (SSSR count). The van der Waals surface area contributed by atoms with Crippen molar-refractivity contribution >= 4 is 11.9 Å². The summed E-state index contributed by atoms with van der Waals surface area (Å²) in [5.74, 6) is -0.822. The minimum Gasteiger partial charge on any atom is -0.481 e. The van der Waals surface area contributed by atoms with Crippen molar-refractivity contribution in [3.05, 3.63) is 0 Å². The van der Waals surface area contributed by atoms with Crippen LogP contribution in [-0.4, -0.2) is 46.6 Å². The number of amides is 1. The van der Waals surface area contributed by atoms with Gasteiger partial charge in [0, 0.05) is 18.6 Å². The van der Waals surface area contributed by atoms with E-state index in [2.05, 4.69) is 5.32 Å². The maximum absolute atomic E-state index is 11.9. The first-order valence-corrected chi connectivity index (χ1v) is 6.19. The molecule has 0 bridgehead atoms. The van der Waals surface area contributed by atoms with Gasteiger partial charge in [0.05, 0.1) is 12.5 Å². The Balaban J connectivity index is 2.48. The molecule has 2 N–H and O–H groups in total. The molecule has 5 nitrogen and oxygen atoms in total. The molecule has 0 spiro atoms. The summed E-state index contributed by atoms with van der Waals surface area (Å²) in [7, 11) is 0. The van der Waals surface area contributed by atoms with Crippen LogP contribution in [-0.2, 0) is 9.59 Å². The molecule has 0 aromatic heterocycles. The monoisotopic (exact) mass is 242 g/mol. The summed E-state index contributed by atoms with van der Waals surface area (Å²) >= 11 is 0. The molecule has 1 aliphatic rings. The van der Waals surface area contributed by atoms with Crippen molar-refractivity contribution in [1.29, 1.82) is 0 Å². The van der Waals surface area contributed by atoms with Crippen molar-refractivity contribution < 1.29 is 14.7 Å². The lowest BCUT2D eigenvalue weighted by Crippen LogP contribution is -2.49. The minimum atomic E-state index is -0.828. The van der Waals surface area contributed by atoms with Crippen LogP contribution in [0.5, 0.6) is 0 Å². The van der Waals surface area contributed by atoms with Gasteiger partial charge in [-0.3, -0.25) is 14.5 Å². The van der Waals surface area contributed by atoms with Crippen LogP contribution in [0.4, 0.5) is 0 Å². The van der Waals surface area contributed by atoms with Crippen molar-refractivity contribution in [2.75, 3.05) is 6.54 Å². The van der Waals surface area contributed by atoms with Gasteiger partial charge in [0.1, 0.15) is 0 Å². The zero-order valence-electron chi connectivity index (χ0n) is 10.8. The second-order valence-electron chi connectivity index (χ2n) is 4.93. The average molecular weight is 242 g/mol. The molecule has 0 aliphatic heterocycles. The van der Waals surface area contributed by atoms with Crippen LogP contribution in [0, 0.1) is 0 Å². The fourth-order valence-corrected chi connectivity index (χ4v) is 1.82. The maximum Gasteiger partial charge on any atom is 0.304 e. The van der Waals surface area contributed by atoms with Crippen molar-refractivity contribution in [2.45, 2.75) is 58.2 Å². The molecule has 0 heterocycles. The summed E-state index contributed by atoms with van der Waals surface area (Å²) in [5.41, 5.74) is 0. The number of hydrogen-bond donors (Lipinski definition) is 2. The second kappa shape index (κ2) is 6.00. The molecule has 0 radical (unpaired) electrons. The zero-order valence-corrected chi connectivity index (χ0v) is 10.8. The smallest absolute Gasteiger partial charge is 0.304 e. The van der Waals surface area contributed by atoms with E-state index >= 15 is 0 Å². The summed E-state index contributed by atoms with van der Waals surface area (Å²) in [5, 5.41) is 11.6. The van der Waals surface area contributed by atoms with Crippen molar-refractivity contribution in [1.82, 2.24) is 10.2 Å². The largest absolute Gasteiger partial charge is 0.481 e. The van der Waals surface area contributed by atoms with Gasteiger partial charge < -0.3 is 10.4 Å². The summed E-state index contributed by atoms with van der Waals surface area (Å²) in [4.78, 5) is 24.4. The van der Waals surface area contributed by atoms with E-state index in [1.54, 1.807) is 0 Å². The Morgan fingerprint density at radius 1 is 1.35 bits per heavy atom. The number of rotatable bonds is 7. The summed E-state index contributed by atoms with van der Waals surface area (Å²) in [6.45, 7) is 6.19. The van der Waals surface area contributed by atoms with Crippen LogP contribution >= 0.6 is 0 Å². The maximum atomic E-state index is 11.9. The molecule has 5 heteroatoms. The van der Waals surface area contributed by atoms with Crippen LogP contribution in [0.2, 0.25) is 0 Å². The van der Waals surface area contributed by atoms with E-state index in [4.69, 9.17) is 5.11 Å². The van der Waals surface area contributed by atoms with E-state index in [9.17, 15) is 9.59 Å². The summed E-state index contributed by atoms with van der Waals surface area (Å²) in [6.07, 6.45) is 2.20. The molecule has 1 unspecified atom stereocenters. The Morgan fingerprint density at radius 3 is 2.35 bits per heavy atom. The second-order valence-corrected chi connectivity index (χ2v) is 4.93.